The number of carbonyl (C=O) groups excluding carboxylic acids is 4. The summed E-state index contributed by atoms with van der Waals surface area (Å²) in [5.74, 6) is -1.97. The van der Waals surface area contributed by atoms with Gasteiger partial charge in [-0.2, -0.15) is 10.1 Å². The van der Waals surface area contributed by atoms with Gasteiger partial charge in [0.15, 0.2) is 11.4 Å². The van der Waals surface area contributed by atoms with Gasteiger partial charge in [-0.1, -0.05) is 43.2 Å². The molecule has 3 amide bonds. The Morgan fingerprint density at radius 2 is 1.78 bits per heavy atom. The van der Waals surface area contributed by atoms with Crippen molar-refractivity contribution >= 4 is 55.3 Å². The van der Waals surface area contributed by atoms with E-state index in [0.29, 0.717) is 43.6 Å². The van der Waals surface area contributed by atoms with Crippen LogP contribution in [0.4, 0.5) is 0 Å². The molecule has 0 unspecified atom stereocenters. The van der Waals surface area contributed by atoms with E-state index in [1.165, 1.54) is 4.90 Å². The predicted octanol–water partition coefficient (Wildman–Crippen LogP) is 4.07. The molecule has 288 valence electrons. The minimum Gasteiger partial charge on any atom is -0.472 e. The number of hydrogen-bond acceptors (Lipinski definition) is 10. The average molecular weight is 768 g/mol. The van der Waals surface area contributed by atoms with E-state index in [1.54, 1.807) is 24.0 Å². The first kappa shape index (κ1) is 36.8. The van der Waals surface area contributed by atoms with Crippen molar-refractivity contribution in [3.63, 3.8) is 0 Å². The molecule has 0 bridgehead atoms. The molecule has 4 aromatic rings. The van der Waals surface area contributed by atoms with E-state index in [2.05, 4.69) is 20.1 Å². The van der Waals surface area contributed by atoms with Gasteiger partial charge in [0.2, 0.25) is 27.7 Å². The Kier molecular flexibility index (Phi) is 9.68. The van der Waals surface area contributed by atoms with E-state index in [-0.39, 0.29) is 36.8 Å². The lowest BCUT2D eigenvalue weighted by molar-refractivity contribution is -0.140. The van der Waals surface area contributed by atoms with Gasteiger partial charge in [-0.3, -0.25) is 28.6 Å². The minimum atomic E-state index is -3.86. The van der Waals surface area contributed by atoms with Crippen molar-refractivity contribution in [3.05, 3.63) is 72.2 Å². The monoisotopic (exact) mass is 767 g/mol. The molecule has 1 saturated heterocycles. The van der Waals surface area contributed by atoms with E-state index in [4.69, 9.17) is 9.72 Å². The lowest BCUT2D eigenvalue weighted by Crippen LogP contribution is -2.52. The largest absolute Gasteiger partial charge is 0.472 e. The number of Topliss-reactive ketones (excluding diaryl/α,β-unsaturated/α-hetero) is 1. The van der Waals surface area contributed by atoms with Crippen molar-refractivity contribution < 1.29 is 32.3 Å². The molecular formula is C40H45N7O7S. The summed E-state index contributed by atoms with van der Waals surface area (Å²) >= 11 is 0. The third-order valence-electron chi connectivity index (χ3n) is 11.6. The zero-order valence-electron chi connectivity index (χ0n) is 30.9. The van der Waals surface area contributed by atoms with Crippen LogP contribution in [0.3, 0.4) is 0 Å². The van der Waals surface area contributed by atoms with Crippen LogP contribution in [0.1, 0.15) is 80.4 Å². The topological polar surface area (TPSA) is 183 Å². The van der Waals surface area contributed by atoms with Crippen LogP contribution in [-0.4, -0.2) is 86.6 Å². The summed E-state index contributed by atoms with van der Waals surface area (Å²) in [6.07, 6.45) is 9.40. The zero-order valence-corrected chi connectivity index (χ0v) is 31.8. The molecule has 0 radical (unpaired) electrons. The second-order valence-corrected chi connectivity index (χ2v) is 17.5. The number of aryl methyl sites for hydroxylation is 2. The normalized spacial score (nSPS) is 26.8. The fourth-order valence-corrected chi connectivity index (χ4v) is 9.48. The van der Waals surface area contributed by atoms with E-state index in [9.17, 15) is 27.6 Å². The van der Waals surface area contributed by atoms with Gasteiger partial charge in [0.1, 0.15) is 17.8 Å². The molecule has 3 fully saturated rings. The molecule has 15 heteroatoms. The first-order chi connectivity index (χ1) is 26.4. The fraction of sp³-hybridized carbons (Fsp3) is 0.475. The maximum Gasteiger partial charge on any atom is 0.272 e. The van der Waals surface area contributed by atoms with Crippen molar-refractivity contribution in [1.29, 1.82) is 0 Å². The van der Waals surface area contributed by atoms with Crippen molar-refractivity contribution in [3.8, 4) is 5.88 Å². The third kappa shape index (κ3) is 7.33. The maximum absolute atomic E-state index is 14.7. The third-order valence-corrected chi connectivity index (χ3v) is 13.4. The van der Waals surface area contributed by atoms with Gasteiger partial charge >= 0.3 is 0 Å². The van der Waals surface area contributed by atoms with Gasteiger partial charge in [0.05, 0.1) is 23.3 Å². The van der Waals surface area contributed by atoms with Crippen LogP contribution in [0.5, 0.6) is 5.88 Å². The molecule has 2 saturated carbocycles. The van der Waals surface area contributed by atoms with Crippen LogP contribution < -0.4 is 14.8 Å². The van der Waals surface area contributed by atoms with Crippen molar-refractivity contribution in [2.24, 2.45) is 18.4 Å². The second kappa shape index (κ2) is 14.5. The summed E-state index contributed by atoms with van der Waals surface area (Å²) in [6, 6.07) is 11.1. The number of benzene rings is 1. The Hall–Kier alpha value is -5.18. The molecule has 14 nitrogen and oxygen atoms in total. The number of hydrogen-bond donors (Lipinski definition) is 2. The molecular weight excluding hydrogens is 723 g/mol. The number of aromatic nitrogens is 4. The van der Waals surface area contributed by atoms with Gasteiger partial charge in [0, 0.05) is 42.6 Å². The van der Waals surface area contributed by atoms with Crippen molar-refractivity contribution in [2.45, 2.75) is 94.6 Å². The van der Waals surface area contributed by atoms with E-state index < -0.39 is 56.6 Å². The maximum atomic E-state index is 14.7. The van der Waals surface area contributed by atoms with Gasteiger partial charge in [-0.15, -0.1) is 0 Å². The number of pyridine rings is 2. The molecule has 3 aromatic heterocycles. The average Bonchev–Trinajstić information content (AvgIpc) is 4.07. The van der Waals surface area contributed by atoms with Crippen LogP contribution in [0.25, 0.3) is 21.8 Å². The summed E-state index contributed by atoms with van der Waals surface area (Å²) in [4.78, 5) is 67.3. The highest BCUT2D eigenvalue weighted by Crippen LogP contribution is 2.57. The molecule has 5 atom stereocenters. The van der Waals surface area contributed by atoms with E-state index >= 15 is 0 Å². The van der Waals surface area contributed by atoms with Crippen molar-refractivity contribution in [2.75, 3.05) is 6.54 Å². The molecule has 8 rings (SSSR count). The molecule has 2 aliphatic carbocycles. The SMILES string of the molecule is Cc1cc(C(=O)N[C@H]2CCCCC/C=C\[C@@H]3C[C@@]3(C(=O)NS(=O)(=O)C3CC3)CC(=O)[C@@H]3C[C@@H](Oc4nc5ncccc5c5ccccc45)CN3C2=O)nn1C. The summed E-state index contributed by atoms with van der Waals surface area (Å²) in [5.41, 5.74) is 0.199. The predicted molar refractivity (Wildman–Crippen MR) is 203 cm³/mol. The summed E-state index contributed by atoms with van der Waals surface area (Å²) < 4.78 is 36.3. The minimum absolute atomic E-state index is 0.0269. The summed E-state index contributed by atoms with van der Waals surface area (Å²) in [5, 5.41) is 9.12. The summed E-state index contributed by atoms with van der Waals surface area (Å²) in [6.45, 7) is 1.86. The highest BCUT2D eigenvalue weighted by molar-refractivity contribution is 7.90. The van der Waals surface area contributed by atoms with Crippen LogP contribution >= 0.6 is 0 Å². The van der Waals surface area contributed by atoms with E-state index in [0.717, 1.165) is 41.1 Å². The highest BCUT2D eigenvalue weighted by Gasteiger charge is 2.61. The number of ketones is 1. The molecule has 2 aliphatic heterocycles. The molecule has 0 spiro atoms. The smallest absolute Gasteiger partial charge is 0.272 e. The fourth-order valence-electron chi connectivity index (χ4n) is 8.10. The Labute approximate surface area is 319 Å². The number of nitrogens with one attached hydrogen (secondary N) is 2. The molecule has 1 aromatic carbocycles. The van der Waals surface area contributed by atoms with Crippen LogP contribution in [0, 0.1) is 18.3 Å². The van der Waals surface area contributed by atoms with E-state index in [1.807, 2.05) is 55.5 Å². The lowest BCUT2D eigenvalue weighted by Gasteiger charge is -2.29. The first-order valence-electron chi connectivity index (χ1n) is 19.1. The number of rotatable bonds is 7. The van der Waals surface area contributed by atoms with Gasteiger partial charge in [-0.05, 0) is 81.0 Å². The quantitative estimate of drug-likeness (QED) is 0.206. The van der Waals surface area contributed by atoms with Crippen LogP contribution in [0.15, 0.2) is 60.8 Å². The molecule has 5 heterocycles. The highest BCUT2D eigenvalue weighted by atomic mass is 32.2. The van der Waals surface area contributed by atoms with Gasteiger partial charge < -0.3 is 15.0 Å². The summed E-state index contributed by atoms with van der Waals surface area (Å²) in [7, 11) is -2.12. The Bertz CT molecular complexity index is 2320. The number of amides is 3. The number of carbonyl (C=O) groups is 4. The number of ether oxygens (including phenoxy) is 1. The Morgan fingerprint density at radius 3 is 2.55 bits per heavy atom. The van der Waals surface area contributed by atoms with Gasteiger partial charge in [0.25, 0.3) is 5.91 Å². The number of allylic oxidation sites excluding steroid dienone is 2. The second-order valence-electron chi connectivity index (χ2n) is 15.5. The molecule has 55 heavy (non-hydrogen) atoms. The Balaban J connectivity index is 1.12. The number of fused-ring (bicyclic) bond motifs is 5. The van der Waals surface area contributed by atoms with Crippen LogP contribution in [-0.2, 0) is 31.5 Å². The Morgan fingerprint density at radius 1 is 1.00 bits per heavy atom. The van der Waals surface area contributed by atoms with Crippen molar-refractivity contribution in [1.82, 2.24) is 34.7 Å². The molecule has 4 aliphatic rings. The first-order valence-corrected chi connectivity index (χ1v) is 20.7. The molecule has 2 N–H and O–H groups in total. The standard InChI is InChI=1S/C40H45N7O7S/c1-24-19-32(44-46(24)2)36(49)42-31-15-7-5-3-4-6-11-25-21-40(25,39(51)45-55(52,53)27-16-17-27)22-34(48)33-20-26(23-47(33)38(31)50)54-37-30-13-9-8-12-28(30)29-14-10-18-41-35(29)43-37/h6,8-14,18-19,25-27,31,33H,3-5,7,15-17,20-23H2,1-2H3,(H,42,49)(H,45,51)/b11-6-/t25-,26-,31+,33+,40-/m1/s1. The number of sulfonamides is 1. The number of nitrogens with zero attached hydrogens (tertiary/aromatic N) is 5. The van der Waals surface area contributed by atoms with Crippen LogP contribution in [0.2, 0.25) is 0 Å². The zero-order chi connectivity index (χ0) is 38.5. The van der Waals surface area contributed by atoms with Gasteiger partial charge in [-0.25, -0.2) is 13.4 Å². The lowest BCUT2D eigenvalue weighted by atomic mass is 9.91.